The van der Waals surface area contributed by atoms with Crippen molar-refractivity contribution in [2.75, 3.05) is 0 Å². The van der Waals surface area contributed by atoms with Crippen molar-refractivity contribution in [2.24, 2.45) is 0 Å². The van der Waals surface area contributed by atoms with Crippen LogP contribution in [0.5, 0.6) is 0 Å². The summed E-state index contributed by atoms with van der Waals surface area (Å²) >= 11 is 0. The lowest BCUT2D eigenvalue weighted by atomic mass is 9.74. The van der Waals surface area contributed by atoms with Gasteiger partial charge in [0.2, 0.25) is 0 Å². The molecule has 0 bridgehead atoms. The minimum absolute atomic E-state index is 0.998. The van der Waals surface area contributed by atoms with Crippen molar-refractivity contribution in [1.82, 2.24) is 24.5 Å². The van der Waals surface area contributed by atoms with Crippen LogP contribution in [0.1, 0.15) is 27.9 Å². The fourth-order valence-electron chi connectivity index (χ4n) is 8.84. The number of aryl methyl sites for hydroxylation is 5. The second-order valence-corrected chi connectivity index (χ2v) is 13.6. The number of nitrogens with one attached hydrogen (secondary N) is 1. The first-order chi connectivity index (χ1) is 24.2. The van der Waals surface area contributed by atoms with E-state index in [0.29, 0.717) is 0 Å². The predicted molar refractivity (Wildman–Crippen MR) is 199 cm³/mol. The zero-order valence-corrected chi connectivity index (χ0v) is 27.1. The van der Waals surface area contributed by atoms with Gasteiger partial charge < -0.3 is 9.55 Å². The minimum atomic E-state index is 0.998. The smallest absolute Gasteiger partial charge is 0.0702 e. The second-order valence-electron chi connectivity index (χ2n) is 13.6. The van der Waals surface area contributed by atoms with Gasteiger partial charge in [-0.05, 0) is 139 Å². The van der Waals surface area contributed by atoms with E-state index in [0.717, 1.165) is 59.6 Å². The Morgan fingerprint density at radius 2 is 1.27 bits per heavy atom. The van der Waals surface area contributed by atoms with Crippen LogP contribution < -0.4 is 0 Å². The normalized spacial score (nSPS) is 13.5. The standard InChI is InChI=1S/C44H31N5/c1-25-20-30(16-19-45-25)49-40-15-11-27(38-7-3-5-18-47-38)22-34(40)36-24-29-8-12-31-41-28(9-13-32(42(29)41)44(36)49)23-35-33-21-26(37-6-2-4-17-46-37)10-14-39(33)48-43(31)35/h2-7,10-11,14-24,48H,8-9,12-13H2,1H3. The van der Waals surface area contributed by atoms with Crippen LogP contribution >= 0.6 is 0 Å². The summed E-state index contributed by atoms with van der Waals surface area (Å²) in [4.78, 5) is 17.7. The molecule has 232 valence electrons. The molecular formula is C44H31N5. The topological polar surface area (TPSA) is 59.4 Å². The van der Waals surface area contributed by atoms with Crippen LogP contribution in [0.2, 0.25) is 0 Å². The van der Waals surface area contributed by atoms with Crippen molar-refractivity contribution in [3.8, 4) is 39.3 Å². The SMILES string of the molecule is Cc1cc(-n2c3ccc(-c4ccccn4)cc3c3cc4c5c(c32)CCc2cc3c([nH]c6ccc(-c7ccccn7)cc63)c(c2-5)CC4)ccn1. The molecule has 0 saturated heterocycles. The number of fused-ring (bicyclic) bond motifs is 8. The number of hydrogen-bond donors (Lipinski definition) is 1. The number of aromatic nitrogens is 5. The van der Waals surface area contributed by atoms with Crippen LogP contribution in [0.4, 0.5) is 0 Å². The third-order valence-corrected chi connectivity index (χ3v) is 10.9. The maximum Gasteiger partial charge on any atom is 0.0702 e. The summed E-state index contributed by atoms with van der Waals surface area (Å²) in [6.45, 7) is 2.08. The summed E-state index contributed by atoms with van der Waals surface area (Å²) in [6, 6.07) is 35.2. The van der Waals surface area contributed by atoms with Crippen LogP contribution in [0.3, 0.4) is 0 Å². The Morgan fingerprint density at radius 3 is 2.00 bits per heavy atom. The number of rotatable bonds is 3. The lowest BCUT2D eigenvalue weighted by molar-refractivity contribution is 0.885. The molecular weight excluding hydrogens is 599 g/mol. The molecule has 0 saturated carbocycles. The number of H-pyrrole nitrogens is 1. The van der Waals surface area contributed by atoms with Crippen LogP contribution in [-0.2, 0) is 25.7 Å². The second kappa shape index (κ2) is 9.97. The van der Waals surface area contributed by atoms with Gasteiger partial charge in [0.15, 0.2) is 0 Å². The average molecular weight is 630 g/mol. The zero-order valence-electron chi connectivity index (χ0n) is 27.1. The highest BCUT2D eigenvalue weighted by molar-refractivity contribution is 6.16. The first-order valence-electron chi connectivity index (χ1n) is 17.2. The molecule has 0 unspecified atom stereocenters. The molecule has 2 aliphatic rings. The third kappa shape index (κ3) is 3.84. The van der Waals surface area contributed by atoms with Crippen molar-refractivity contribution in [3.05, 3.63) is 144 Å². The lowest BCUT2D eigenvalue weighted by Gasteiger charge is -2.31. The lowest BCUT2D eigenvalue weighted by Crippen LogP contribution is -2.15. The Balaban J connectivity index is 1.19. The molecule has 1 N–H and O–H groups in total. The Labute approximate surface area is 282 Å². The Morgan fingerprint density at radius 1 is 0.571 bits per heavy atom. The highest BCUT2D eigenvalue weighted by atomic mass is 15.0. The largest absolute Gasteiger partial charge is 0.354 e. The van der Waals surface area contributed by atoms with Gasteiger partial charge in [0.1, 0.15) is 0 Å². The molecule has 2 aliphatic carbocycles. The third-order valence-electron chi connectivity index (χ3n) is 10.9. The van der Waals surface area contributed by atoms with Crippen molar-refractivity contribution >= 4 is 43.6 Å². The molecule has 49 heavy (non-hydrogen) atoms. The van der Waals surface area contributed by atoms with Crippen LogP contribution in [0, 0.1) is 6.92 Å². The van der Waals surface area contributed by atoms with Crippen LogP contribution in [-0.4, -0.2) is 24.5 Å². The van der Waals surface area contributed by atoms with Gasteiger partial charge in [0, 0.05) is 68.2 Å². The van der Waals surface area contributed by atoms with E-state index in [4.69, 9.17) is 0 Å². The van der Waals surface area contributed by atoms with Gasteiger partial charge in [0.05, 0.1) is 27.9 Å². The molecule has 0 spiro atoms. The first-order valence-corrected chi connectivity index (χ1v) is 17.2. The van der Waals surface area contributed by atoms with E-state index in [9.17, 15) is 0 Å². The van der Waals surface area contributed by atoms with Gasteiger partial charge in [-0.3, -0.25) is 15.0 Å². The predicted octanol–water partition coefficient (Wildman–Crippen LogP) is 10.1. The summed E-state index contributed by atoms with van der Waals surface area (Å²) < 4.78 is 2.50. The molecule has 0 atom stereocenters. The molecule has 0 fully saturated rings. The van der Waals surface area contributed by atoms with E-state index >= 15 is 0 Å². The molecule has 4 aromatic carbocycles. The average Bonchev–Trinajstić information content (AvgIpc) is 3.69. The van der Waals surface area contributed by atoms with Gasteiger partial charge in [-0.15, -0.1) is 0 Å². The molecule has 0 aliphatic heterocycles. The van der Waals surface area contributed by atoms with Gasteiger partial charge in [-0.1, -0.05) is 24.3 Å². The highest BCUT2D eigenvalue weighted by Gasteiger charge is 2.32. The van der Waals surface area contributed by atoms with Gasteiger partial charge in [-0.2, -0.15) is 0 Å². The van der Waals surface area contributed by atoms with Crippen LogP contribution in [0.15, 0.2) is 116 Å². The minimum Gasteiger partial charge on any atom is -0.354 e. The van der Waals surface area contributed by atoms with E-state index in [1.54, 1.807) is 0 Å². The Bertz CT molecular complexity index is 2820. The number of nitrogens with zero attached hydrogens (tertiary/aromatic N) is 4. The van der Waals surface area contributed by atoms with E-state index < -0.39 is 0 Å². The van der Waals surface area contributed by atoms with E-state index in [-0.39, 0.29) is 0 Å². The number of aromatic amines is 1. The van der Waals surface area contributed by atoms with Crippen molar-refractivity contribution in [2.45, 2.75) is 32.6 Å². The molecule has 5 aromatic heterocycles. The molecule has 5 heterocycles. The number of hydrogen-bond acceptors (Lipinski definition) is 3. The number of benzene rings is 4. The first kappa shape index (κ1) is 26.9. The summed E-state index contributed by atoms with van der Waals surface area (Å²) in [5.74, 6) is 0. The van der Waals surface area contributed by atoms with Crippen molar-refractivity contribution < 1.29 is 0 Å². The van der Waals surface area contributed by atoms with Gasteiger partial charge in [-0.25, -0.2) is 0 Å². The molecule has 11 rings (SSSR count). The van der Waals surface area contributed by atoms with Crippen LogP contribution in [0.25, 0.3) is 82.9 Å². The Kier molecular flexibility index (Phi) is 5.48. The summed E-state index contributed by atoms with van der Waals surface area (Å²) in [7, 11) is 0. The van der Waals surface area contributed by atoms with Gasteiger partial charge >= 0.3 is 0 Å². The van der Waals surface area contributed by atoms with E-state index in [1.165, 1.54) is 77.0 Å². The van der Waals surface area contributed by atoms with Crippen molar-refractivity contribution in [1.29, 1.82) is 0 Å². The molecule has 0 amide bonds. The van der Waals surface area contributed by atoms with Crippen molar-refractivity contribution in [3.63, 3.8) is 0 Å². The molecule has 5 nitrogen and oxygen atoms in total. The molecule has 0 radical (unpaired) electrons. The summed E-state index contributed by atoms with van der Waals surface area (Å²) in [5, 5.41) is 5.22. The number of pyridine rings is 3. The fourth-order valence-corrected chi connectivity index (χ4v) is 8.84. The zero-order chi connectivity index (χ0) is 32.2. The van der Waals surface area contributed by atoms with E-state index in [2.05, 4.69) is 116 Å². The Hall–Kier alpha value is -6.07. The summed E-state index contributed by atoms with van der Waals surface area (Å²) in [5.41, 5.74) is 20.3. The summed E-state index contributed by atoms with van der Waals surface area (Å²) in [6.07, 6.45) is 9.77. The monoisotopic (exact) mass is 629 g/mol. The maximum atomic E-state index is 4.69. The maximum absolute atomic E-state index is 4.69. The fraction of sp³-hybridized carbons (Fsp3) is 0.114. The molecule has 9 aromatic rings. The van der Waals surface area contributed by atoms with Gasteiger partial charge in [0.25, 0.3) is 0 Å². The molecule has 5 heteroatoms. The van der Waals surface area contributed by atoms with E-state index in [1.807, 2.05) is 30.7 Å². The highest BCUT2D eigenvalue weighted by Crippen LogP contribution is 2.50. The quantitative estimate of drug-likeness (QED) is 0.212.